The van der Waals surface area contributed by atoms with Crippen molar-refractivity contribution in [2.24, 2.45) is 5.41 Å². The van der Waals surface area contributed by atoms with Gasteiger partial charge in [-0.3, -0.25) is 4.98 Å². The Hall–Kier alpha value is -3.18. The van der Waals surface area contributed by atoms with Crippen LogP contribution in [0.3, 0.4) is 0 Å². The predicted molar refractivity (Wildman–Crippen MR) is 206 cm³/mol. The number of nitrogens with one attached hydrogen (secondary N) is 1. The third-order valence-electron chi connectivity index (χ3n) is 10.2. The zero-order chi connectivity index (χ0) is 35.6. The van der Waals surface area contributed by atoms with Gasteiger partial charge in [0.1, 0.15) is 6.61 Å². The summed E-state index contributed by atoms with van der Waals surface area (Å²) in [6, 6.07) is 18.5. The van der Waals surface area contributed by atoms with Crippen LogP contribution in [0.2, 0.25) is 18.1 Å². The maximum atomic E-state index is 12.9. The predicted octanol–water partition coefficient (Wildman–Crippen LogP) is 9.75. The molecule has 8 nitrogen and oxygen atoms in total. The highest BCUT2D eigenvalue weighted by molar-refractivity contribution is 9.10. The van der Waals surface area contributed by atoms with Gasteiger partial charge < -0.3 is 28.7 Å². The Balaban J connectivity index is 1.43. The molecule has 1 atom stereocenters. The van der Waals surface area contributed by atoms with Gasteiger partial charge in [0.15, 0.2) is 8.32 Å². The Morgan fingerprint density at radius 2 is 1.71 bits per heavy atom. The van der Waals surface area contributed by atoms with Gasteiger partial charge in [-0.1, -0.05) is 80.9 Å². The second kappa shape index (κ2) is 15.0. The molecule has 0 unspecified atom stereocenters. The van der Waals surface area contributed by atoms with Gasteiger partial charge in [0.2, 0.25) is 0 Å². The number of H-pyrrole nitrogens is 1. The zero-order valence-corrected chi connectivity index (χ0v) is 33.2. The normalized spacial score (nSPS) is 15.1. The number of pyridine rings is 1. The molecule has 0 aliphatic carbocycles. The highest BCUT2D eigenvalue weighted by Crippen LogP contribution is 2.42. The molecule has 10 heteroatoms. The van der Waals surface area contributed by atoms with E-state index in [9.17, 15) is 4.79 Å². The molecule has 2 aromatic carbocycles. The molecule has 1 aliphatic rings. The molecule has 0 bridgehead atoms. The van der Waals surface area contributed by atoms with E-state index in [4.69, 9.17) is 18.9 Å². The summed E-state index contributed by atoms with van der Waals surface area (Å²) in [4.78, 5) is 25.8. The third kappa shape index (κ3) is 8.77. The number of anilines is 1. The van der Waals surface area contributed by atoms with Crippen LogP contribution < -0.4 is 4.90 Å². The van der Waals surface area contributed by atoms with Crippen LogP contribution >= 0.6 is 15.9 Å². The highest BCUT2D eigenvalue weighted by Gasteiger charge is 2.39. The van der Waals surface area contributed by atoms with Crippen LogP contribution in [-0.2, 0) is 26.9 Å². The molecule has 4 aromatic rings. The van der Waals surface area contributed by atoms with Gasteiger partial charge in [0.25, 0.3) is 0 Å². The summed E-state index contributed by atoms with van der Waals surface area (Å²) >= 11 is 3.73. The molecule has 1 aliphatic heterocycles. The molecular weight excluding hydrogens is 696 g/mol. The van der Waals surface area contributed by atoms with E-state index in [2.05, 4.69) is 97.8 Å². The number of carbonyl (C=O) groups excluding carboxylic acids is 1. The lowest BCUT2D eigenvalue weighted by atomic mass is 9.84. The molecular formula is C39H53BrN4O4Si. The zero-order valence-electron chi connectivity index (χ0n) is 30.7. The van der Waals surface area contributed by atoms with E-state index in [-0.39, 0.29) is 29.3 Å². The minimum atomic E-state index is -1.92. The molecule has 49 heavy (non-hydrogen) atoms. The van der Waals surface area contributed by atoms with E-state index >= 15 is 0 Å². The number of fused-ring (bicyclic) bond motifs is 1. The van der Waals surface area contributed by atoms with Crippen LogP contribution in [0.1, 0.15) is 64.5 Å². The minimum Gasteiger partial charge on any atom is -0.445 e. The lowest BCUT2D eigenvalue weighted by Gasteiger charge is -2.39. The number of methoxy groups -OCH3 is 1. The van der Waals surface area contributed by atoms with E-state index in [1.165, 1.54) is 10.9 Å². The van der Waals surface area contributed by atoms with Crippen molar-refractivity contribution in [3.8, 4) is 11.3 Å². The van der Waals surface area contributed by atoms with Crippen molar-refractivity contribution >= 4 is 46.9 Å². The van der Waals surface area contributed by atoms with Crippen LogP contribution in [0.5, 0.6) is 0 Å². The Bertz CT molecular complexity index is 1740. The van der Waals surface area contributed by atoms with Crippen LogP contribution in [0, 0.1) is 5.41 Å². The number of amides is 1. The largest absolute Gasteiger partial charge is 0.445 e. The van der Waals surface area contributed by atoms with Gasteiger partial charge in [-0.15, -0.1) is 0 Å². The molecule has 1 N–H and O–H groups in total. The third-order valence-corrected chi connectivity index (χ3v) is 15.1. The Morgan fingerprint density at radius 3 is 2.37 bits per heavy atom. The number of carbonyl (C=O) groups is 1. The van der Waals surface area contributed by atoms with E-state index in [1.54, 1.807) is 12.0 Å². The molecule has 0 saturated carbocycles. The molecule has 0 spiro atoms. The number of nitrogens with zero attached hydrogens (tertiary/aromatic N) is 3. The van der Waals surface area contributed by atoms with Crippen molar-refractivity contribution in [2.75, 3.05) is 44.8 Å². The molecule has 1 saturated heterocycles. The maximum absolute atomic E-state index is 12.9. The summed E-state index contributed by atoms with van der Waals surface area (Å²) in [6.45, 7) is 21.6. The fraction of sp³-hybridized carbons (Fsp3) is 0.487. The minimum absolute atomic E-state index is 0.120. The smallest absolute Gasteiger partial charge is 0.410 e. The van der Waals surface area contributed by atoms with E-state index < -0.39 is 8.32 Å². The van der Waals surface area contributed by atoms with Gasteiger partial charge in [0, 0.05) is 60.8 Å². The Labute approximate surface area is 301 Å². The van der Waals surface area contributed by atoms with Crippen molar-refractivity contribution in [2.45, 2.75) is 78.8 Å². The standard InChI is InChI=1S/C39H53BrN4O4Si/c1-27(46-7)35-32(22-30(24-41-35)43-17-19-44(20-18-43)37(45)47-25-28-13-11-10-12-14-28)36-33(31-21-29(40)15-16-34(31)42-36)23-39(5,6)26-48-49(8,9)38(2,3)4/h10-16,21-22,24,27,42H,17-20,23,25-26H2,1-9H3/t27-/m0/s1. The van der Waals surface area contributed by atoms with Crippen LogP contribution in [0.4, 0.5) is 10.5 Å². The summed E-state index contributed by atoms with van der Waals surface area (Å²) in [5.74, 6) is 0. The first kappa shape index (κ1) is 37.1. The SMILES string of the molecule is CO[C@@H](C)c1ncc(N2CCN(C(=O)OCc3ccccc3)CC2)cc1-c1[nH]c2ccc(Br)cc2c1CC(C)(C)CO[Si](C)(C)C(C)(C)C. The number of piperazine rings is 1. The molecule has 3 heterocycles. The first-order chi connectivity index (χ1) is 23.1. The molecule has 264 valence electrons. The highest BCUT2D eigenvalue weighted by atomic mass is 79.9. The molecule has 0 radical (unpaired) electrons. The molecule has 5 rings (SSSR count). The topological polar surface area (TPSA) is 79.9 Å². The maximum Gasteiger partial charge on any atom is 0.410 e. The lowest BCUT2D eigenvalue weighted by Crippen LogP contribution is -2.49. The van der Waals surface area contributed by atoms with E-state index in [1.807, 2.05) is 43.5 Å². The number of halogens is 1. The van der Waals surface area contributed by atoms with Gasteiger partial charge in [-0.05, 0) is 72.3 Å². The first-order valence-corrected chi connectivity index (χ1v) is 21.0. The fourth-order valence-electron chi connectivity index (χ4n) is 5.99. The number of hydrogen-bond acceptors (Lipinski definition) is 6. The monoisotopic (exact) mass is 748 g/mol. The van der Waals surface area contributed by atoms with Crippen LogP contribution in [0.25, 0.3) is 22.2 Å². The van der Waals surface area contributed by atoms with Gasteiger partial charge >= 0.3 is 6.09 Å². The first-order valence-electron chi connectivity index (χ1n) is 17.3. The van der Waals surface area contributed by atoms with Crippen molar-refractivity contribution in [1.82, 2.24) is 14.9 Å². The van der Waals surface area contributed by atoms with Crippen molar-refractivity contribution in [3.63, 3.8) is 0 Å². The van der Waals surface area contributed by atoms with E-state index in [0.29, 0.717) is 32.8 Å². The summed E-state index contributed by atoms with van der Waals surface area (Å²) < 4.78 is 19.3. The second-order valence-corrected chi connectivity index (χ2v) is 21.3. The summed E-state index contributed by atoms with van der Waals surface area (Å²) in [7, 11) is -0.197. The molecule has 1 fully saturated rings. The second-order valence-electron chi connectivity index (χ2n) is 15.6. The average molecular weight is 750 g/mol. The van der Waals surface area contributed by atoms with Gasteiger partial charge in [-0.2, -0.15) is 0 Å². The fourth-order valence-corrected chi connectivity index (χ4v) is 7.53. The van der Waals surface area contributed by atoms with Crippen molar-refractivity contribution in [3.05, 3.63) is 82.1 Å². The van der Waals surface area contributed by atoms with Crippen molar-refractivity contribution in [1.29, 1.82) is 0 Å². The van der Waals surface area contributed by atoms with Crippen LogP contribution in [-0.4, -0.2) is 69.2 Å². The Morgan fingerprint density at radius 1 is 1.02 bits per heavy atom. The van der Waals surface area contributed by atoms with Crippen LogP contribution in [0.15, 0.2) is 65.3 Å². The summed E-state index contributed by atoms with van der Waals surface area (Å²) in [5, 5.41) is 1.33. The number of aromatic amines is 1. The number of benzene rings is 2. The summed E-state index contributed by atoms with van der Waals surface area (Å²) in [6.07, 6.45) is 2.28. The number of rotatable bonds is 11. The summed E-state index contributed by atoms with van der Waals surface area (Å²) in [5.41, 5.74) is 7.18. The Kier molecular flexibility index (Phi) is 11.3. The van der Waals surface area contributed by atoms with Gasteiger partial charge in [0.05, 0.1) is 29.4 Å². The number of aromatic nitrogens is 2. The van der Waals surface area contributed by atoms with Crippen molar-refractivity contribution < 1.29 is 18.7 Å². The lowest BCUT2D eigenvalue weighted by molar-refractivity contribution is 0.0941. The molecule has 1 amide bonds. The number of hydrogen-bond donors (Lipinski definition) is 1. The average Bonchev–Trinajstić information content (AvgIpc) is 3.42. The molecule has 2 aromatic heterocycles. The quantitative estimate of drug-likeness (QED) is 0.154. The van der Waals surface area contributed by atoms with E-state index in [0.717, 1.165) is 44.6 Å². The number of ether oxygens (including phenoxy) is 2. The van der Waals surface area contributed by atoms with Gasteiger partial charge in [-0.25, -0.2) is 4.79 Å².